The van der Waals surface area contributed by atoms with E-state index in [2.05, 4.69) is 9.71 Å². The minimum absolute atomic E-state index is 0.162. The summed E-state index contributed by atoms with van der Waals surface area (Å²) in [7, 11) is -3.64. The lowest BCUT2D eigenvalue weighted by atomic mass is 10.1. The van der Waals surface area contributed by atoms with Crippen molar-refractivity contribution < 1.29 is 8.42 Å². The summed E-state index contributed by atoms with van der Waals surface area (Å²) in [5, 5.41) is 0. The maximum absolute atomic E-state index is 12.1. The summed E-state index contributed by atoms with van der Waals surface area (Å²) in [6.45, 7) is 0. The van der Waals surface area contributed by atoms with E-state index < -0.39 is 10.0 Å². The van der Waals surface area contributed by atoms with Crippen LogP contribution >= 0.6 is 12.2 Å². The quantitative estimate of drug-likeness (QED) is 0.821. The van der Waals surface area contributed by atoms with Crippen LogP contribution in [-0.2, 0) is 16.4 Å². The molecule has 0 aliphatic carbocycles. The molecule has 0 saturated heterocycles. The van der Waals surface area contributed by atoms with E-state index in [4.69, 9.17) is 18.0 Å². The minimum atomic E-state index is -3.64. The third kappa shape index (κ3) is 3.75. The van der Waals surface area contributed by atoms with E-state index in [0.29, 0.717) is 11.4 Å². The first-order valence-electron chi connectivity index (χ1n) is 5.78. The Morgan fingerprint density at radius 2 is 1.90 bits per heavy atom. The topological polar surface area (TPSA) is 85.1 Å². The molecule has 104 valence electrons. The van der Waals surface area contributed by atoms with Gasteiger partial charge in [-0.1, -0.05) is 30.4 Å². The van der Waals surface area contributed by atoms with Crippen LogP contribution in [0.2, 0.25) is 0 Å². The van der Waals surface area contributed by atoms with Crippen molar-refractivity contribution in [1.82, 2.24) is 4.98 Å². The molecule has 1 aromatic heterocycles. The minimum Gasteiger partial charge on any atom is -0.393 e. The maximum atomic E-state index is 12.1. The average Bonchev–Trinajstić information content (AvgIpc) is 2.39. The van der Waals surface area contributed by atoms with Gasteiger partial charge < -0.3 is 5.73 Å². The van der Waals surface area contributed by atoms with Crippen LogP contribution in [0.4, 0.5) is 5.82 Å². The second-order valence-electron chi connectivity index (χ2n) is 4.11. The fourth-order valence-corrected chi connectivity index (χ4v) is 2.78. The molecule has 0 aliphatic rings. The van der Waals surface area contributed by atoms with Crippen LogP contribution in [0.15, 0.2) is 53.6 Å². The largest absolute Gasteiger partial charge is 0.393 e. The van der Waals surface area contributed by atoms with E-state index in [-0.39, 0.29) is 10.7 Å². The molecule has 2 aromatic rings. The molecule has 7 heteroatoms. The highest BCUT2D eigenvalue weighted by Gasteiger charge is 2.14. The van der Waals surface area contributed by atoms with Gasteiger partial charge in [0.05, 0.1) is 9.88 Å². The average molecular weight is 307 g/mol. The Bertz CT molecular complexity index is 698. The summed E-state index contributed by atoms with van der Waals surface area (Å²) in [6.07, 6.45) is 1.96. The van der Waals surface area contributed by atoms with Crippen LogP contribution in [-0.4, -0.2) is 18.4 Å². The Balaban J connectivity index is 2.19. The van der Waals surface area contributed by atoms with E-state index >= 15 is 0 Å². The summed E-state index contributed by atoms with van der Waals surface area (Å²) in [5.74, 6) is 0.278. The Morgan fingerprint density at radius 1 is 1.20 bits per heavy atom. The molecule has 0 amide bonds. The summed E-state index contributed by atoms with van der Waals surface area (Å²) in [6, 6.07) is 11.4. The number of benzene rings is 1. The van der Waals surface area contributed by atoms with Crippen LogP contribution in [0.25, 0.3) is 0 Å². The van der Waals surface area contributed by atoms with Crippen molar-refractivity contribution in [2.24, 2.45) is 5.73 Å². The molecule has 3 N–H and O–H groups in total. The number of hydrogen-bond acceptors (Lipinski definition) is 4. The number of sulfonamides is 1. The number of thiocarbonyl (C=S) groups is 1. The monoisotopic (exact) mass is 307 g/mol. The number of anilines is 1. The third-order valence-electron chi connectivity index (χ3n) is 2.52. The lowest BCUT2D eigenvalue weighted by Gasteiger charge is -2.07. The standard InChI is InChI=1S/C13H13N3O2S2/c14-12(19)9-10-4-6-11(7-5-10)20(17,18)16-13-3-1-2-8-15-13/h1-8H,9H2,(H2,14,19)(H,15,16). The van der Waals surface area contributed by atoms with Gasteiger partial charge in [0.25, 0.3) is 10.0 Å². The summed E-state index contributed by atoms with van der Waals surface area (Å²) in [4.78, 5) is 4.45. The first-order chi connectivity index (χ1) is 9.47. The third-order valence-corrected chi connectivity index (χ3v) is 4.03. The van der Waals surface area contributed by atoms with Crippen molar-refractivity contribution in [3.8, 4) is 0 Å². The number of aromatic nitrogens is 1. The van der Waals surface area contributed by atoms with E-state index in [9.17, 15) is 8.42 Å². The Morgan fingerprint density at radius 3 is 2.45 bits per heavy atom. The fourth-order valence-electron chi connectivity index (χ4n) is 1.61. The maximum Gasteiger partial charge on any atom is 0.263 e. The smallest absolute Gasteiger partial charge is 0.263 e. The van der Waals surface area contributed by atoms with Crippen LogP contribution in [0.3, 0.4) is 0 Å². The number of hydrogen-bond donors (Lipinski definition) is 2. The van der Waals surface area contributed by atoms with Crippen molar-refractivity contribution >= 4 is 33.0 Å². The van der Waals surface area contributed by atoms with Gasteiger partial charge in [0, 0.05) is 12.6 Å². The molecule has 1 aromatic carbocycles. The molecule has 1 heterocycles. The lowest BCUT2D eigenvalue weighted by Crippen LogP contribution is -2.14. The Kier molecular flexibility index (Phi) is 4.31. The first-order valence-corrected chi connectivity index (χ1v) is 7.67. The molecular weight excluding hydrogens is 294 g/mol. The lowest BCUT2D eigenvalue weighted by molar-refractivity contribution is 0.601. The Hall–Kier alpha value is -1.99. The van der Waals surface area contributed by atoms with Crippen molar-refractivity contribution in [2.75, 3.05) is 4.72 Å². The Labute approximate surface area is 122 Å². The van der Waals surface area contributed by atoms with E-state index in [0.717, 1.165) is 5.56 Å². The van der Waals surface area contributed by atoms with Gasteiger partial charge in [0.2, 0.25) is 0 Å². The van der Waals surface area contributed by atoms with Crippen LogP contribution < -0.4 is 10.5 Å². The summed E-state index contributed by atoms with van der Waals surface area (Å²) in [5.41, 5.74) is 6.31. The number of nitrogens with zero attached hydrogens (tertiary/aromatic N) is 1. The van der Waals surface area contributed by atoms with Crippen molar-refractivity contribution in [3.05, 3.63) is 54.2 Å². The molecule has 0 fully saturated rings. The normalized spacial score (nSPS) is 11.0. The van der Waals surface area contributed by atoms with E-state index in [1.165, 1.54) is 18.3 Å². The zero-order chi connectivity index (χ0) is 14.6. The molecule has 0 radical (unpaired) electrons. The van der Waals surface area contributed by atoms with E-state index in [1.54, 1.807) is 30.3 Å². The fraction of sp³-hybridized carbons (Fsp3) is 0.0769. The molecule has 20 heavy (non-hydrogen) atoms. The second-order valence-corrected chi connectivity index (χ2v) is 6.31. The van der Waals surface area contributed by atoms with Crippen LogP contribution in [0.1, 0.15) is 5.56 Å². The van der Waals surface area contributed by atoms with Crippen molar-refractivity contribution in [3.63, 3.8) is 0 Å². The molecule has 0 bridgehead atoms. The molecule has 0 atom stereocenters. The SMILES string of the molecule is NC(=S)Cc1ccc(S(=O)(=O)Nc2ccccn2)cc1. The van der Waals surface area contributed by atoms with Crippen molar-refractivity contribution in [1.29, 1.82) is 0 Å². The predicted octanol–water partition coefficient (Wildman–Crippen LogP) is 1.71. The van der Waals surface area contributed by atoms with Gasteiger partial charge >= 0.3 is 0 Å². The van der Waals surface area contributed by atoms with Gasteiger partial charge in [0.1, 0.15) is 5.82 Å². The summed E-state index contributed by atoms with van der Waals surface area (Å²) >= 11 is 4.81. The number of nitrogens with one attached hydrogen (secondary N) is 1. The van der Waals surface area contributed by atoms with Crippen molar-refractivity contribution in [2.45, 2.75) is 11.3 Å². The molecule has 0 aliphatic heterocycles. The molecule has 5 nitrogen and oxygen atoms in total. The highest BCUT2D eigenvalue weighted by molar-refractivity contribution is 7.92. The van der Waals surface area contributed by atoms with Gasteiger partial charge in [0.15, 0.2) is 0 Å². The second kappa shape index (κ2) is 5.98. The van der Waals surface area contributed by atoms with Gasteiger partial charge in [-0.15, -0.1) is 0 Å². The van der Waals surface area contributed by atoms with Gasteiger partial charge in [-0.2, -0.15) is 0 Å². The molecule has 0 unspecified atom stereocenters. The van der Waals surface area contributed by atoms with Crippen LogP contribution in [0.5, 0.6) is 0 Å². The number of rotatable bonds is 5. The first kappa shape index (κ1) is 14.4. The number of nitrogens with two attached hydrogens (primary N) is 1. The highest BCUT2D eigenvalue weighted by Crippen LogP contribution is 2.15. The molecule has 0 saturated carbocycles. The van der Waals surface area contributed by atoms with E-state index in [1.807, 2.05) is 0 Å². The highest BCUT2D eigenvalue weighted by atomic mass is 32.2. The zero-order valence-corrected chi connectivity index (χ0v) is 12.1. The van der Waals surface area contributed by atoms with Gasteiger partial charge in [-0.25, -0.2) is 13.4 Å². The molecule has 0 spiro atoms. The zero-order valence-electron chi connectivity index (χ0n) is 10.5. The number of pyridine rings is 1. The van der Waals surface area contributed by atoms with Gasteiger partial charge in [-0.3, -0.25) is 4.72 Å². The molecule has 2 rings (SSSR count). The van der Waals surface area contributed by atoms with Gasteiger partial charge in [-0.05, 0) is 29.8 Å². The predicted molar refractivity (Wildman–Crippen MR) is 82.0 cm³/mol. The van der Waals surface area contributed by atoms with Crippen LogP contribution in [0, 0.1) is 0 Å². The summed E-state index contributed by atoms with van der Waals surface area (Å²) < 4.78 is 26.7. The molecular formula is C13H13N3O2S2.